The van der Waals surface area contributed by atoms with E-state index in [9.17, 15) is 18.7 Å². The summed E-state index contributed by atoms with van der Waals surface area (Å²) in [5.74, 6) is -0.559. The molecular formula is C8H17NO4S. The first-order valence-electron chi connectivity index (χ1n) is 4.37. The first kappa shape index (κ1) is 13.4. The quantitative estimate of drug-likeness (QED) is 0.623. The van der Waals surface area contributed by atoms with Crippen molar-refractivity contribution in [1.82, 2.24) is 5.32 Å². The SMILES string of the molecule is CCC(=O)CS(O)(O)CCNC(C)=O. The first-order chi connectivity index (χ1) is 6.37. The third-order valence-corrected chi connectivity index (χ3v) is 3.23. The molecule has 3 N–H and O–H groups in total. The van der Waals surface area contributed by atoms with Gasteiger partial charge in [-0.1, -0.05) is 6.92 Å². The van der Waals surface area contributed by atoms with Crippen molar-refractivity contribution in [2.45, 2.75) is 20.3 Å². The van der Waals surface area contributed by atoms with Gasteiger partial charge in [0.15, 0.2) is 5.78 Å². The van der Waals surface area contributed by atoms with Gasteiger partial charge in [-0.25, -0.2) is 0 Å². The lowest BCUT2D eigenvalue weighted by molar-refractivity contribution is -0.119. The molecule has 0 fully saturated rings. The Bertz CT molecular complexity index is 217. The average Bonchev–Trinajstić information content (AvgIpc) is 2.02. The smallest absolute Gasteiger partial charge is 0.216 e. The molecule has 0 aromatic carbocycles. The fourth-order valence-electron chi connectivity index (χ4n) is 0.823. The molecule has 0 aromatic rings. The van der Waals surface area contributed by atoms with Crippen molar-refractivity contribution in [3.8, 4) is 0 Å². The van der Waals surface area contributed by atoms with Crippen LogP contribution in [0, 0.1) is 0 Å². The van der Waals surface area contributed by atoms with E-state index in [1.165, 1.54) is 6.92 Å². The van der Waals surface area contributed by atoms with E-state index in [0.717, 1.165) is 0 Å². The van der Waals surface area contributed by atoms with Crippen LogP contribution in [0.5, 0.6) is 0 Å². The molecule has 1 amide bonds. The predicted octanol–water partition coefficient (Wildman–Crippen LogP) is 0.852. The van der Waals surface area contributed by atoms with Crippen molar-refractivity contribution >= 4 is 22.3 Å². The van der Waals surface area contributed by atoms with E-state index >= 15 is 0 Å². The molecule has 5 nitrogen and oxygen atoms in total. The van der Waals surface area contributed by atoms with E-state index in [1.807, 2.05) is 0 Å². The average molecular weight is 223 g/mol. The molecule has 0 aliphatic heterocycles. The van der Waals surface area contributed by atoms with Crippen LogP contribution >= 0.6 is 10.6 Å². The highest BCUT2D eigenvalue weighted by Crippen LogP contribution is 2.37. The lowest BCUT2D eigenvalue weighted by Crippen LogP contribution is -2.27. The Kier molecular flexibility index (Phi) is 5.75. The summed E-state index contributed by atoms with van der Waals surface area (Å²) in [6.45, 7) is 3.21. The third kappa shape index (κ3) is 6.88. The van der Waals surface area contributed by atoms with Crippen LogP contribution < -0.4 is 5.32 Å². The van der Waals surface area contributed by atoms with Crippen molar-refractivity contribution in [3.05, 3.63) is 0 Å². The second-order valence-corrected chi connectivity index (χ2v) is 5.33. The van der Waals surface area contributed by atoms with Gasteiger partial charge in [-0.15, -0.1) is 0 Å². The molecule has 84 valence electrons. The maximum absolute atomic E-state index is 10.9. The maximum atomic E-state index is 10.9. The molecular weight excluding hydrogens is 206 g/mol. The van der Waals surface area contributed by atoms with Gasteiger partial charge in [0.1, 0.15) is 0 Å². The van der Waals surface area contributed by atoms with E-state index < -0.39 is 10.6 Å². The van der Waals surface area contributed by atoms with Gasteiger partial charge in [0.2, 0.25) is 5.91 Å². The number of amides is 1. The second kappa shape index (κ2) is 6.00. The predicted molar refractivity (Wildman–Crippen MR) is 56.6 cm³/mol. The number of Topliss-reactive ketones (excluding diaryl/α,β-unsaturated/α-hetero) is 1. The summed E-state index contributed by atoms with van der Waals surface area (Å²) < 4.78 is 18.8. The van der Waals surface area contributed by atoms with Crippen LogP contribution in [0.1, 0.15) is 20.3 Å². The molecule has 0 unspecified atom stereocenters. The summed E-state index contributed by atoms with van der Waals surface area (Å²) in [7, 11) is -2.85. The Labute approximate surface area is 85.2 Å². The van der Waals surface area contributed by atoms with Crippen LogP contribution in [-0.4, -0.2) is 38.8 Å². The van der Waals surface area contributed by atoms with Gasteiger partial charge >= 0.3 is 0 Å². The molecule has 0 atom stereocenters. The number of carbonyl (C=O) groups excluding carboxylic acids is 2. The molecule has 0 saturated carbocycles. The van der Waals surface area contributed by atoms with Gasteiger partial charge in [0.25, 0.3) is 0 Å². The summed E-state index contributed by atoms with van der Waals surface area (Å²) in [5, 5.41) is 2.44. The number of hydrogen-bond acceptors (Lipinski definition) is 4. The second-order valence-electron chi connectivity index (χ2n) is 3.03. The molecule has 14 heavy (non-hydrogen) atoms. The molecule has 0 radical (unpaired) electrons. The standard InChI is InChI=1S/C8H17NO4S/c1-3-8(11)6-14(12,13)5-4-9-7(2)10/h12-13H,3-6H2,1-2H3,(H,9,10). The van der Waals surface area contributed by atoms with Crippen molar-refractivity contribution in [2.24, 2.45) is 0 Å². The number of ketones is 1. The fourth-order valence-corrected chi connectivity index (χ4v) is 2.12. The van der Waals surface area contributed by atoms with E-state index in [2.05, 4.69) is 5.32 Å². The molecule has 0 aliphatic rings. The van der Waals surface area contributed by atoms with Crippen molar-refractivity contribution < 1.29 is 18.7 Å². The summed E-state index contributed by atoms with van der Waals surface area (Å²) in [4.78, 5) is 21.4. The van der Waals surface area contributed by atoms with E-state index in [-0.39, 0.29) is 29.7 Å². The third-order valence-electron chi connectivity index (χ3n) is 1.59. The Morgan fingerprint density at radius 3 is 2.36 bits per heavy atom. The van der Waals surface area contributed by atoms with Gasteiger partial charge in [-0.3, -0.25) is 18.7 Å². The van der Waals surface area contributed by atoms with Crippen LogP contribution in [0.4, 0.5) is 0 Å². The van der Waals surface area contributed by atoms with E-state index in [1.54, 1.807) is 6.92 Å². The van der Waals surface area contributed by atoms with Crippen LogP contribution in [0.25, 0.3) is 0 Å². The minimum Gasteiger partial charge on any atom is -0.355 e. The van der Waals surface area contributed by atoms with Crippen molar-refractivity contribution in [3.63, 3.8) is 0 Å². The first-order valence-corrected chi connectivity index (χ1v) is 6.25. The van der Waals surface area contributed by atoms with Gasteiger partial charge in [-0.05, 0) is 0 Å². The topological polar surface area (TPSA) is 86.6 Å². The largest absolute Gasteiger partial charge is 0.355 e. The molecule has 0 heterocycles. The van der Waals surface area contributed by atoms with Crippen LogP contribution in [0.3, 0.4) is 0 Å². The molecule has 0 saturated heterocycles. The molecule has 0 aliphatic carbocycles. The van der Waals surface area contributed by atoms with Crippen LogP contribution in [0.15, 0.2) is 0 Å². The molecule has 6 heteroatoms. The Morgan fingerprint density at radius 1 is 1.36 bits per heavy atom. The molecule has 0 bridgehead atoms. The Balaban J connectivity index is 3.82. The lowest BCUT2D eigenvalue weighted by atomic mass is 10.4. The van der Waals surface area contributed by atoms with Crippen LogP contribution in [0.2, 0.25) is 0 Å². The fraction of sp³-hybridized carbons (Fsp3) is 0.750. The number of nitrogens with one attached hydrogen (secondary N) is 1. The number of carbonyl (C=O) groups is 2. The Morgan fingerprint density at radius 2 is 1.93 bits per heavy atom. The molecule has 0 spiro atoms. The van der Waals surface area contributed by atoms with Crippen molar-refractivity contribution in [1.29, 1.82) is 0 Å². The monoisotopic (exact) mass is 223 g/mol. The zero-order valence-corrected chi connectivity index (χ0v) is 9.26. The normalized spacial score (nSPS) is 12.3. The number of hydrogen-bond donors (Lipinski definition) is 3. The highest BCUT2D eigenvalue weighted by atomic mass is 32.3. The zero-order chi connectivity index (χ0) is 11.2. The summed E-state index contributed by atoms with van der Waals surface area (Å²) in [6.07, 6.45) is 0.302. The Hall–Kier alpha value is -0.590. The molecule has 0 rings (SSSR count). The van der Waals surface area contributed by atoms with Crippen molar-refractivity contribution in [2.75, 3.05) is 18.1 Å². The van der Waals surface area contributed by atoms with Crippen LogP contribution in [-0.2, 0) is 9.59 Å². The zero-order valence-electron chi connectivity index (χ0n) is 8.45. The molecule has 0 aromatic heterocycles. The summed E-state index contributed by atoms with van der Waals surface area (Å²) in [5.41, 5.74) is 0. The van der Waals surface area contributed by atoms with E-state index in [4.69, 9.17) is 0 Å². The minimum atomic E-state index is -2.85. The highest BCUT2D eigenvalue weighted by Gasteiger charge is 2.15. The highest BCUT2D eigenvalue weighted by molar-refractivity contribution is 8.24. The lowest BCUT2D eigenvalue weighted by Gasteiger charge is -2.31. The maximum Gasteiger partial charge on any atom is 0.216 e. The van der Waals surface area contributed by atoms with Gasteiger partial charge in [-0.2, -0.15) is 10.6 Å². The van der Waals surface area contributed by atoms with Gasteiger partial charge < -0.3 is 5.32 Å². The summed E-state index contributed by atoms with van der Waals surface area (Å²) >= 11 is 0. The minimum absolute atomic E-state index is 0.0400. The van der Waals surface area contributed by atoms with E-state index in [0.29, 0.717) is 6.42 Å². The number of rotatable bonds is 6. The summed E-state index contributed by atoms with van der Waals surface area (Å²) in [6, 6.07) is 0. The van der Waals surface area contributed by atoms with Gasteiger partial charge in [0, 0.05) is 19.9 Å². The van der Waals surface area contributed by atoms with Gasteiger partial charge in [0.05, 0.1) is 11.5 Å².